The van der Waals surface area contributed by atoms with E-state index >= 15 is 0 Å². The summed E-state index contributed by atoms with van der Waals surface area (Å²) in [4.78, 5) is 22.6. The van der Waals surface area contributed by atoms with Gasteiger partial charge in [0.2, 0.25) is 11.8 Å². The Morgan fingerprint density at radius 3 is 2.42 bits per heavy atom. The quantitative estimate of drug-likeness (QED) is 0.805. The van der Waals surface area contributed by atoms with Gasteiger partial charge in [0.15, 0.2) is 0 Å². The molecule has 2 rings (SSSR count). The zero-order chi connectivity index (χ0) is 14.0. The van der Waals surface area contributed by atoms with Crippen LogP contribution in [0, 0.1) is 11.6 Å². The molecular weight excluding hydrogens is 256 g/mol. The number of hydrogen-bond donors (Lipinski definition) is 2. The number of amides is 2. The van der Waals surface area contributed by atoms with Gasteiger partial charge in [-0.15, -0.1) is 0 Å². The van der Waals surface area contributed by atoms with Crippen molar-refractivity contribution in [2.75, 3.05) is 6.61 Å². The second-order valence-corrected chi connectivity index (χ2v) is 4.45. The van der Waals surface area contributed by atoms with E-state index in [1.54, 1.807) is 0 Å². The molecule has 1 fully saturated rings. The van der Waals surface area contributed by atoms with Crippen molar-refractivity contribution in [2.45, 2.75) is 25.2 Å². The summed E-state index contributed by atoms with van der Waals surface area (Å²) in [5.41, 5.74) is 0.0141. The van der Waals surface area contributed by atoms with Gasteiger partial charge in [0.25, 0.3) is 0 Å². The van der Waals surface area contributed by atoms with E-state index in [0.717, 1.165) is 12.1 Å². The highest BCUT2D eigenvalue weighted by molar-refractivity contribution is 6.00. The Balaban J connectivity index is 2.34. The minimum atomic E-state index is -0.985. The van der Waals surface area contributed by atoms with Crippen LogP contribution in [0.1, 0.15) is 29.9 Å². The number of rotatable bonds is 3. The second-order valence-electron chi connectivity index (χ2n) is 4.45. The van der Waals surface area contributed by atoms with Gasteiger partial charge in [0, 0.05) is 18.6 Å². The predicted molar refractivity (Wildman–Crippen MR) is 62.3 cm³/mol. The molecule has 1 saturated heterocycles. The van der Waals surface area contributed by atoms with Gasteiger partial charge < -0.3 is 5.11 Å². The molecule has 1 aliphatic rings. The summed E-state index contributed by atoms with van der Waals surface area (Å²) in [5, 5.41) is 10.8. The first-order valence-corrected chi connectivity index (χ1v) is 5.95. The minimum absolute atomic E-state index is 0.0632. The molecule has 1 aliphatic heterocycles. The summed E-state index contributed by atoms with van der Waals surface area (Å²) in [7, 11) is 0. The third-order valence-electron chi connectivity index (χ3n) is 3.13. The molecule has 0 radical (unpaired) electrons. The number of imide groups is 1. The van der Waals surface area contributed by atoms with E-state index in [1.165, 1.54) is 0 Å². The van der Waals surface area contributed by atoms with E-state index in [1.807, 2.05) is 0 Å². The summed E-state index contributed by atoms with van der Waals surface area (Å²) >= 11 is 0. The van der Waals surface area contributed by atoms with E-state index in [2.05, 4.69) is 5.32 Å². The summed E-state index contributed by atoms with van der Waals surface area (Å²) in [6.07, 6.45) is 0.301. The lowest BCUT2D eigenvalue weighted by molar-refractivity contribution is -0.134. The van der Waals surface area contributed by atoms with Crippen LogP contribution >= 0.6 is 0 Å². The molecule has 0 saturated carbocycles. The third kappa shape index (κ3) is 2.78. The van der Waals surface area contributed by atoms with Crippen LogP contribution in [-0.4, -0.2) is 23.5 Å². The number of carbonyl (C=O) groups is 2. The van der Waals surface area contributed by atoms with Crippen molar-refractivity contribution in [1.82, 2.24) is 5.32 Å². The largest absolute Gasteiger partial charge is 0.396 e. The van der Waals surface area contributed by atoms with Crippen molar-refractivity contribution in [2.24, 2.45) is 0 Å². The molecule has 2 N–H and O–H groups in total. The van der Waals surface area contributed by atoms with Crippen LogP contribution in [0.15, 0.2) is 12.1 Å². The molecular formula is C13H13F2NO3. The van der Waals surface area contributed by atoms with Crippen LogP contribution in [0.4, 0.5) is 8.78 Å². The summed E-state index contributed by atoms with van der Waals surface area (Å²) < 4.78 is 27.8. The van der Waals surface area contributed by atoms with Crippen LogP contribution in [0.5, 0.6) is 0 Å². The number of aliphatic hydroxyl groups excluding tert-OH is 1. The summed E-state index contributed by atoms with van der Waals surface area (Å²) in [6, 6.07) is 2.22. The number of piperidine rings is 1. The lowest BCUT2D eigenvalue weighted by Crippen LogP contribution is -2.40. The van der Waals surface area contributed by atoms with Crippen LogP contribution in [-0.2, 0) is 16.0 Å². The van der Waals surface area contributed by atoms with Crippen LogP contribution < -0.4 is 5.32 Å². The Labute approximate surface area is 108 Å². The van der Waals surface area contributed by atoms with Gasteiger partial charge in [0.05, 0.1) is 5.92 Å². The maximum atomic E-state index is 13.9. The maximum absolute atomic E-state index is 13.9. The molecule has 6 heteroatoms. The average molecular weight is 269 g/mol. The van der Waals surface area contributed by atoms with Gasteiger partial charge >= 0.3 is 0 Å². The smallest absolute Gasteiger partial charge is 0.234 e. The topological polar surface area (TPSA) is 66.4 Å². The van der Waals surface area contributed by atoms with E-state index in [-0.39, 0.29) is 31.4 Å². The Hall–Kier alpha value is -1.82. The number of carbonyl (C=O) groups excluding carboxylic acids is 2. The molecule has 0 bridgehead atoms. The molecule has 1 atom stereocenters. The molecule has 0 aromatic heterocycles. The highest BCUT2D eigenvalue weighted by Gasteiger charge is 2.32. The van der Waals surface area contributed by atoms with E-state index in [4.69, 9.17) is 5.11 Å². The van der Waals surface area contributed by atoms with Gasteiger partial charge in [-0.25, -0.2) is 8.78 Å². The first kappa shape index (κ1) is 13.6. The average Bonchev–Trinajstić information content (AvgIpc) is 2.31. The minimum Gasteiger partial charge on any atom is -0.396 e. The predicted octanol–water partition coefficient (Wildman–Crippen LogP) is 1.02. The van der Waals surface area contributed by atoms with Crippen LogP contribution in [0.3, 0.4) is 0 Å². The van der Waals surface area contributed by atoms with Gasteiger partial charge in [-0.1, -0.05) is 0 Å². The van der Waals surface area contributed by atoms with Gasteiger partial charge in [-0.05, 0) is 30.5 Å². The van der Waals surface area contributed by atoms with E-state index < -0.39 is 29.4 Å². The molecule has 1 heterocycles. The van der Waals surface area contributed by atoms with Gasteiger partial charge in [0.1, 0.15) is 11.6 Å². The monoisotopic (exact) mass is 269 g/mol. The highest BCUT2D eigenvalue weighted by atomic mass is 19.1. The normalized spacial score (nSPS) is 19.4. The Morgan fingerprint density at radius 2 is 1.89 bits per heavy atom. The molecule has 1 aromatic carbocycles. The fraction of sp³-hybridized carbons (Fsp3) is 0.385. The summed E-state index contributed by atoms with van der Waals surface area (Å²) in [5.74, 6) is -3.74. The van der Waals surface area contributed by atoms with Gasteiger partial charge in [-0.3, -0.25) is 14.9 Å². The number of aliphatic hydroxyl groups is 1. The molecule has 1 unspecified atom stereocenters. The first-order valence-electron chi connectivity index (χ1n) is 5.95. The van der Waals surface area contributed by atoms with Crippen molar-refractivity contribution < 1.29 is 23.5 Å². The van der Waals surface area contributed by atoms with Gasteiger partial charge in [-0.2, -0.15) is 0 Å². The van der Waals surface area contributed by atoms with Crippen molar-refractivity contribution in [3.05, 3.63) is 34.9 Å². The Kier molecular flexibility index (Phi) is 3.90. The number of benzene rings is 1. The fourth-order valence-electron chi connectivity index (χ4n) is 2.21. The first-order chi connectivity index (χ1) is 9.02. The highest BCUT2D eigenvalue weighted by Crippen LogP contribution is 2.30. The second kappa shape index (κ2) is 5.44. The van der Waals surface area contributed by atoms with Crippen LogP contribution in [0.2, 0.25) is 0 Å². The zero-order valence-corrected chi connectivity index (χ0v) is 10.1. The van der Waals surface area contributed by atoms with Crippen molar-refractivity contribution in [1.29, 1.82) is 0 Å². The molecule has 102 valence electrons. The Bertz CT molecular complexity index is 508. The van der Waals surface area contributed by atoms with Crippen molar-refractivity contribution >= 4 is 11.8 Å². The number of hydrogen-bond acceptors (Lipinski definition) is 3. The standard InChI is InChI=1S/C13H13F2NO3/c14-9-5-7(3-4-17)6-10(15)12(9)8-1-2-11(18)16-13(8)19/h5-6,8,17H,1-4H2,(H,16,18,19). The SMILES string of the molecule is O=C1CCC(c2c(F)cc(CCO)cc2F)C(=O)N1. The lowest BCUT2D eigenvalue weighted by Gasteiger charge is -2.22. The fourth-order valence-corrected chi connectivity index (χ4v) is 2.21. The molecule has 2 amide bonds. The maximum Gasteiger partial charge on any atom is 0.234 e. The molecule has 1 aromatic rings. The molecule has 0 spiro atoms. The van der Waals surface area contributed by atoms with Crippen LogP contribution in [0.25, 0.3) is 0 Å². The molecule has 4 nitrogen and oxygen atoms in total. The zero-order valence-electron chi connectivity index (χ0n) is 10.1. The molecule has 0 aliphatic carbocycles. The number of halogens is 2. The summed E-state index contributed by atoms with van der Waals surface area (Å²) in [6.45, 7) is -0.212. The lowest BCUT2D eigenvalue weighted by atomic mass is 9.89. The molecule has 19 heavy (non-hydrogen) atoms. The third-order valence-corrected chi connectivity index (χ3v) is 3.13. The number of nitrogens with one attached hydrogen (secondary N) is 1. The van der Waals surface area contributed by atoms with Crippen molar-refractivity contribution in [3.8, 4) is 0 Å². The van der Waals surface area contributed by atoms with Crippen molar-refractivity contribution in [3.63, 3.8) is 0 Å². The Morgan fingerprint density at radius 1 is 1.26 bits per heavy atom. The van der Waals surface area contributed by atoms with E-state index in [9.17, 15) is 18.4 Å². The van der Waals surface area contributed by atoms with E-state index in [0.29, 0.717) is 5.56 Å².